The van der Waals surface area contributed by atoms with Crippen molar-refractivity contribution >= 4 is 33.4 Å². The maximum atomic E-state index is 13.8. The van der Waals surface area contributed by atoms with Crippen molar-refractivity contribution in [1.82, 2.24) is 10.6 Å². The first-order chi connectivity index (χ1) is 14.2. The van der Waals surface area contributed by atoms with Gasteiger partial charge >= 0.3 is 12.0 Å². The highest BCUT2D eigenvalue weighted by Gasteiger charge is 2.35. The third kappa shape index (κ3) is 4.80. The fourth-order valence-corrected chi connectivity index (χ4v) is 4.48. The van der Waals surface area contributed by atoms with Crippen LogP contribution in [0.1, 0.15) is 18.5 Å². The lowest BCUT2D eigenvalue weighted by Gasteiger charge is -2.29. The molecule has 0 fully saturated rings. The first-order valence-corrected chi connectivity index (χ1v) is 11.0. The minimum Gasteiger partial charge on any atom is -0.463 e. The van der Waals surface area contributed by atoms with Gasteiger partial charge in [0.15, 0.2) is 9.84 Å². The molecule has 0 saturated carbocycles. The average molecular weight is 453 g/mol. The Labute approximate surface area is 177 Å². The van der Waals surface area contributed by atoms with Crippen LogP contribution >= 0.6 is 11.6 Å². The van der Waals surface area contributed by atoms with E-state index in [0.29, 0.717) is 5.02 Å². The van der Waals surface area contributed by atoms with E-state index in [-0.39, 0.29) is 28.3 Å². The second-order valence-corrected chi connectivity index (χ2v) is 8.84. The molecule has 1 atom stereocenters. The second-order valence-electron chi connectivity index (χ2n) is 6.41. The first-order valence-electron chi connectivity index (χ1n) is 8.92. The van der Waals surface area contributed by atoms with E-state index in [1.165, 1.54) is 42.5 Å². The fraction of sp³-hybridized carbons (Fsp3) is 0.200. The van der Waals surface area contributed by atoms with Gasteiger partial charge in [-0.2, -0.15) is 0 Å². The normalized spacial score (nSPS) is 16.6. The summed E-state index contributed by atoms with van der Waals surface area (Å²) in [6, 6.07) is 9.01. The Hall–Kier alpha value is -2.91. The van der Waals surface area contributed by atoms with E-state index in [4.69, 9.17) is 16.3 Å². The molecule has 30 heavy (non-hydrogen) atoms. The molecule has 0 bridgehead atoms. The number of hydrogen-bond donors (Lipinski definition) is 2. The van der Waals surface area contributed by atoms with Crippen LogP contribution in [0.2, 0.25) is 5.02 Å². The highest BCUT2D eigenvalue weighted by Crippen LogP contribution is 2.29. The van der Waals surface area contributed by atoms with Crippen LogP contribution in [0.15, 0.2) is 64.7 Å². The van der Waals surface area contributed by atoms with Gasteiger partial charge in [0, 0.05) is 10.7 Å². The molecule has 0 spiro atoms. The van der Waals surface area contributed by atoms with E-state index in [9.17, 15) is 22.4 Å². The monoisotopic (exact) mass is 452 g/mol. The van der Waals surface area contributed by atoms with Gasteiger partial charge in [0.1, 0.15) is 5.82 Å². The van der Waals surface area contributed by atoms with Gasteiger partial charge in [0.25, 0.3) is 0 Å². The van der Waals surface area contributed by atoms with Gasteiger partial charge in [-0.15, -0.1) is 0 Å². The minimum absolute atomic E-state index is 0.0299. The molecule has 0 radical (unpaired) electrons. The Kier molecular flexibility index (Phi) is 6.42. The lowest BCUT2D eigenvalue weighted by molar-refractivity contribution is -0.139. The summed E-state index contributed by atoms with van der Waals surface area (Å²) < 4.78 is 44.6. The molecule has 0 saturated heterocycles. The Bertz CT molecular complexity index is 1120. The number of carbonyl (C=O) groups is 2. The lowest BCUT2D eigenvalue weighted by Crippen LogP contribution is -2.47. The number of esters is 1. The highest BCUT2D eigenvalue weighted by molar-refractivity contribution is 7.91. The number of nitrogens with one attached hydrogen (secondary N) is 2. The fourth-order valence-electron chi connectivity index (χ4n) is 3.03. The Balaban J connectivity index is 2.10. The molecule has 0 aromatic heterocycles. The minimum atomic E-state index is -3.94. The third-order valence-corrected chi connectivity index (χ3v) is 6.25. The summed E-state index contributed by atoms with van der Waals surface area (Å²) in [4.78, 5) is 24.9. The molecule has 0 aliphatic carbocycles. The number of benzene rings is 2. The predicted molar refractivity (Wildman–Crippen MR) is 108 cm³/mol. The summed E-state index contributed by atoms with van der Waals surface area (Å²) in [7, 11) is -3.94. The summed E-state index contributed by atoms with van der Waals surface area (Å²) >= 11 is 5.81. The quantitative estimate of drug-likeness (QED) is 0.656. The van der Waals surface area contributed by atoms with Gasteiger partial charge in [-0.3, -0.25) is 0 Å². The lowest BCUT2D eigenvalue weighted by atomic mass is 9.95. The Morgan fingerprint density at radius 2 is 1.90 bits per heavy atom. The molecule has 1 aliphatic rings. The summed E-state index contributed by atoms with van der Waals surface area (Å²) in [5.74, 6) is -2.05. The van der Waals surface area contributed by atoms with Gasteiger partial charge in [-0.1, -0.05) is 23.7 Å². The van der Waals surface area contributed by atoms with Crippen LogP contribution in [0.5, 0.6) is 0 Å². The zero-order valence-electron chi connectivity index (χ0n) is 15.8. The molecule has 1 heterocycles. The maximum absolute atomic E-state index is 13.8. The molecule has 3 rings (SSSR count). The van der Waals surface area contributed by atoms with Crippen LogP contribution < -0.4 is 10.6 Å². The molecular weight excluding hydrogens is 435 g/mol. The standard InChI is InChI=1S/C20H18ClFN2O5S/c1-2-29-19(25)17-16(11-30(27,28)15-8-6-13(21)7-9-15)23-20(26)24-18(17)12-4-3-5-14(22)10-12/h3-10,18H,2,11H2,1H3,(H2,23,24,26). The predicted octanol–water partition coefficient (Wildman–Crippen LogP) is 3.12. The van der Waals surface area contributed by atoms with Crippen molar-refractivity contribution < 1.29 is 27.1 Å². The van der Waals surface area contributed by atoms with Crippen LogP contribution in [-0.4, -0.2) is 32.8 Å². The van der Waals surface area contributed by atoms with Crippen molar-refractivity contribution in [1.29, 1.82) is 0 Å². The first kappa shape index (κ1) is 21.8. The van der Waals surface area contributed by atoms with Crippen LogP contribution in [-0.2, 0) is 19.4 Å². The maximum Gasteiger partial charge on any atom is 0.338 e. The molecule has 10 heteroatoms. The Morgan fingerprint density at radius 1 is 1.20 bits per heavy atom. The van der Waals surface area contributed by atoms with Crippen LogP contribution in [0.25, 0.3) is 0 Å². The zero-order valence-corrected chi connectivity index (χ0v) is 17.4. The molecule has 2 aromatic rings. The summed E-state index contributed by atoms with van der Waals surface area (Å²) in [6.07, 6.45) is 0. The molecule has 2 amide bonds. The zero-order chi connectivity index (χ0) is 21.9. The van der Waals surface area contributed by atoms with Gasteiger partial charge in [0.05, 0.1) is 28.9 Å². The van der Waals surface area contributed by atoms with Crippen molar-refractivity contribution in [2.75, 3.05) is 12.4 Å². The summed E-state index contributed by atoms with van der Waals surface area (Å²) in [6.45, 7) is 1.62. The van der Waals surface area contributed by atoms with Crippen LogP contribution in [0.3, 0.4) is 0 Å². The summed E-state index contributed by atoms with van der Waals surface area (Å²) in [5, 5.41) is 5.27. The number of ether oxygens (including phenoxy) is 1. The van der Waals surface area contributed by atoms with E-state index >= 15 is 0 Å². The van der Waals surface area contributed by atoms with Gasteiger partial charge in [-0.05, 0) is 48.9 Å². The molecule has 1 aliphatic heterocycles. The molecule has 1 unspecified atom stereocenters. The van der Waals surface area contributed by atoms with Crippen molar-refractivity contribution in [2.24, 2.45) is 0 Å². The van der Waals surface area contributed by atoms with E-state index in [0.717, 1.165) is 6.07 Å². The van der Waals surface area contributed by atoms with Crippen LogP contribution in [0, 0.1) is 5.82 Å². The van der Waals surface area contributed by atoms with Gasteiger partial charge < -0.3 is 15.4 Å². The number of carbonyl (C=O) groups excluding carboxylic acids is 2. The number of halogens is 2. The number of sulfone groups is 1. The number of amides is 2. The second kappa shape index (κ2) is 8.85. The van der Waals surface area contributed by atoms with Crippen molar-refractivity contribution in [3.05, 3.63) is 76.2 Å². The smallest absolute Gasteiger partial charge is 0.338 e. The van der Waals surface area contributed by atoms with Crippen LogP contribution in [0.4, 0.5) is 9.18 Å². The van der Waals surface area contributed by atoms with Crippen molar-refractivity contribution in [3.8, 4) is 0 Å². The van der Waals surface area contributed by atoms with Crippen molar-refractivity contribution in [2.45, 2.75) is 17.9 Å². The molecule has 158 valence electrons. The molecule has 2 aromatic carbocycles. The molecule has 7 nitrogen and oxygen atoms in total. The van der Waals surface area contributed by atoms with Gasteiger partial charge in [-0.25, -0.2) is 22.4 Å². The molecule has 2 N–H and O–H groups in total. The summed E-state index contributed by atoms with van der Waals surface area (Å²) in [5.41, 5.74) is 0.0234. The highest BCUT2D eigenvalue weighted by atomic mass is 35.5. The average Bonchev–Trinajstić information content (AvgIpc) is 2.67. The third-order valence-electron chi connectivity index (χ3n) is 4.34. The topological polar surface area (TPSA) is 102 Å². The largest absolute Gasteiger partial charge is 0.463 e. The van der Waals surface area contributed by atoms with E-state index in [1.54, 1.807) is 6.92 Å². The Morgan fingerprint density at radius 3 is 2.53 bits per heavy atom. The molecular formula is C20H18ClFN2O5S. The number of hydrogen-bond acceptors (Lipinski definition) is 5. The number of rotatable bonds is 6. The van der Waals surface area contributed by atoms with E-state index in [2.05, 4.69) is 10.6 Å². The van der Waals surface area contributed by atoms with Gasteiger partial charge in [0.2, 0.25) is 0 Å². The number of urea groups is 1. The SMILES string of the molecule is CCOC(=O)C1=C(CS(=O)(=O)c2ccc(Cl)cc2)NC(=O)NC1c1cccc(F)c1. The van der Waals surface area contributed by atoms with Crippen molar-refractivity contribution in [3.63, 3.8) is 0 Å². The van der Waals surface area contributed by atoms with E-state index in [1.807, 2.05) is 0 Å². The van der Waals surface area contributed by atoms with E-state index < -0.39 is 39.4 Å².